The molecule has 0 bridgehead atoms. The van der Waals surface area contributed by atoms with Gasteiger partial charge >= 0.3 is 0 Å². The summed E-state index contributed by atoms with van der Waals surface area (Å²) in [7, 11) is 0. The average molecular weight is 194 g/mol. The Bertz CT molecular complexity index is 313. The molecule has 0 radical (unpaired) electrons. The summed E-state index contributed by atoms with van der Waals surface area (Å²) >= 11 is 0. The molecule has 7 atom stereocenters. The molecule has 14 heavy (non-hydrogen) atoms. The number of rotatable bonds is 0. The van der Waals surface area contributed by atoms with Gasteiger partial charge in [-0.15, -0.1) is 0 Å². The monoisotopic (exact) mass is 194 g/mol. The molecule has 2 heteroatoms. The molecule has 4 saturated carbocycles. The average Bonchev–Trinajstić information content (AvgIpc) is 2.52. The van der Waals surface area contributed by atoms with Gasteiger partial charge in [0.25, 0.3) is 0 Å². The van der Waals surface area contributed by atoms with Crippen LogP contribution < -0.4 is 0 Å². The Hall–Kier alpha value is -0.0800. The van der Waals surface area contributed by atoms with Crippen LogP contribution in [-0.4, -0.2) is 22.4 Å². The van der Waals surface area contributed by atoms with E-state index in [2.05, 4.69) is 6.92 Å². The highest BCUT2D eigenvalue weighted by molar-refractivity contribution is 5.31. The summed E-state index contributed by atoms with van der Waals surface area (Å²) in [5.41, 5.74) is 0.869. The molecule has 3 unspecified atom stereocenters. The Morgan fingerprint density at radius 2 is 1.71 bits per heavy atom. The van der Waals surface area contributed by atoms with E-state index < -0.39 is 0 Å². The van der Waals surface area contributed by atoms with Crippen LogP contribution in [0.2, 0.25) is 0 Å². The van der Waals surface area contributed by atoms with E-state index >= 15 is 0 Å². The number of hydrogen-bond acceptors (Lipinski definition) is 2. The van der Waals surface area contributed by atoms with Crippen LogP contribution in [0.25, 0.3) is 0 Å². The second-order valence-electron chi connectivity index (χ2n) is 6.42. The van der Waals surface area contributed by atoms with Crippen LogP contribution in [-0.2, 0) is 0 Å². The first kappa shape index (κ1) is 8.12. The highest BCUT2D eigenvalue weighted by atomic mass is 16.3. The van der Waals surface area contributed by atoms with Gasteiger partial charge in [0.2, 0.25) is 0 Å². The first-order chi connectivity index (χ1) is 6.59. The summed E-state index contributed by atoms with van der Waals surface area (Å²) < 4.78 is 0. The molecular weight excluding hydrogens is 176 g/mol. The lowest BCUT2D eigenvalue weighted by Crippen LogP contribution is -2.69. The molecule has 0 aliphatic heterocycles. The lowest BCUT2D eigenvalue weighted by molar-refractivity contribution is -0.267. The summed E-state index contributed by atoms with van der Waals surface area (Å²) in [6, 6.07) is 0. The first-order valence-electron chi connectivity index (χ1n) is 5.96. The highest BCUT2D eigenvalue weighted by Gasteiger charge is 2.82. The van der Waals surface area contributed by atoms with Crippen molar-refractivity contribution in [2.75, 3.05) is 0 Å². The molecule has 0 saturated heterocycles. The van der Waals surface area contributed by atoms with Crippen LogP contribution in [0.1, 0.15) is 32.6 Å². The van der Waals surface area contributed by atoms with Gasteiger partial charge in [0.15, 0.2) is 0 Å². The van der Waals surface area contributed by atoms with Gasteiger partial charge in [-0.05, 0) is 54.3 Å². The minimum Gasteiger partial charge on any atom is -0.393 e. The molecule has 2 N–H and O–H groups in total. The molecule has 4 aliphatic carbocycles. The summed E-state index contributed by atoms with van der Waals surface area (Å²) in [5.74, 6) is 1.71. The quantitative estimate of drug-likeness (QED) is 0.607. The summed E-state index contributed by atoms with van der Waals surface area (Å²) in [6.07, 6.45) is 4.20. The molecule has 4 rings (SSSR count). The summed E-state index contributed by atoms with van der Waals surface area (Å²) in [5, 5.41) is 20.0. The van der Waals surface area contributed by atoms with E-state index in [0.29, 0.717) is 22.7 Å². The Morgan fingerprint density at radius 3 is 2.36 bits per heavy atom. The van der Waals surface area contributed by atoms with Gasteiger partial charge in [-0.2, -0.15) is 0 Å². The van der Waals surface area contributed by atoms with Crippen molar-refractivity contribution in [1.29, 1.82) is 0 Å². The zero-order valence-electron chi connectivity index (χ0n) is 8.61. The van der Waals surface area contributed by atoms with Crippen molar-refractivity contribution in [3.05, 3.63) is 0 Å². The minimum atomic E-state index is -0.109. The zero-order chi connectivity index (χ0) is 9.72. The van der Waals surface area contributed by atoms with Gasteiger partial charge < -0.3 is 10.2 Å². The van der Waals surface area contributed by atoms with Crippen LogP contribution in [0.5, 0.6) is 0 Å². The van der Waals surface area contributed by atoms with Crippen molar-refractivity contribution in [3.63, 3.8) is 0 Å². The van der Waals surface area contributed by atoms with E-state index in [9.17, 15) is 10.2 Å². The van der Waals surface area contributed by atoms with Crippen LogP contribution >= 0.6 is 0 Å². The predicted octanol–water partition coefficient (Wildman–Crippen LogP) is 1.16. The van der Waals surface area contributed by atoms with E-state index in [1.807, 2.05) is 0 Å². The van der Waals surface area contributed by atoms with Gasteiger partial charge in [-0.1, -0.05) is 6.92 Å². The van der Waals surface area contributed by atoms with E-state index in [1.165, 1.54) is 12.8 Å². The fourth-order valence-corrected chi connectivity index (χ4v) is 6.09. The maximum Gasteiger partial charge on any atom is 0.0578 e. The van der Waals surface area contributed by atoms with E-state index in [1.54, 1.807) is 0 Å². The standard InChI is InChI=1S/C12H18O2/c1-11-4-6-2-9(13)7-3-10(14)8(5-11)12(6,7)11/h6-10,13-14H,2-5H2,1H3/t6-,7+,8-,9?,10?,11+,12?/m0/s1. The molecule has 0 aromatic carbocycles. The number of aliphatic hydroxyl groups excluding tert-OH is 2. The molecule has 0 amide bonds. The highest BCUT2D eigenvalue weighted by Crippen LogP contribution is 2.86. The first-order valence-corrected chi connectivity index (χ1v) is 5.96. The third-order valence-corrected chi connectivity index (χ3v) is 6.27. The Balaban J connectivity index is 1.84. The number of aliphatic hydroxyl groups is 2. The van der Waals surface area contributed by atoms with Crippen molar-refractivity contribution >= 4 is 0 Å². The van der Waals surface area contributed by atoms with Crippen molar-refractivity contribution < 1.29 is 10.2 Å². The molecule has 2 nitrogen and oxygen atoms in total. The Kier molecular flexibility index (Phi) is 1.11. The lowest BCUT2D eigenvalue weighted by atomic mass is 9.31. The fraction of sp³-hybridized carbons (Fsp3) is 1.00. The van der Waals surface area contributed by atoms with Crippen molar-refractivity contribution in [3.8, 4) is 0 Å². The Morgan fingerprint density at radius 1 is 1.00 bits per heavy atom. The zero-order valence-corrected chi connectivity index (χ0v) is 8.61. The van der Waals surface area contributed by atoms with Gasteiger partial charge in [0.1, 0.15) is 0 Å². The van der Waals surface area contributed by atoms with Crippen LogP contribution in [0.4, 0.5) is 0 Å². The second kappa shape index (κ2) is 1.92. The molecule has 78 valence electrons. The van der Waals surface area contributed by atoms with Crippen LogP contribution in [0.15, 0.2) is 0 Å². The van der Waals surface area contributed by atoms with Crippen LogP contribution in [0.3, 0.4) is 0 Å². The molecular formula is C12H18O2. The van der Waals surface area contributed by atoms with Gasteiger partial charge in [-0.25, -0.2) is 0 Å². The third kappa shape index (κ3) is 0.508. The van der Waals surface area contributed by atoms with Crippen molar-refractivity contribution in [2.45, 2.75) is 44.8 Å². The second-order valence-corrected chi connectivity index (χ2v) is 6.42. The molecule has 0 heterocycles. The largest absolute Gasteiger partial charge is 0.393 e. The topological polar surface area (TPSA) is 40.5 Å². The van der Waals surface area contributed by atoms with Gasteiger partial charge in [0, 0.05) is 0 Å². The van der Waals surface area contributed by atoms with Gasteiger partial charge in [0.05, 0.1) is 12.2 Å². The maximum absolute atomic E-state index is 10.0. The predicted molar refractivity (Wildman–Crippen MR) is 51.5 cm³/mol. The van der Waals surface area contributed by atoms with Crippen molar-refractivity contribution in [2.24, 2.45) is 28.6 Å². The molecule has 4 aliphatic rings. The molecule has 4 fully saturated rings. The van der Waals surface area contributed by atoms with E-state index in [-0.39, 0.29) is 12.2 Å². The normalized spacial score (nSPS) is 73.5. The molecule has 0 aromatic rings. The van der Waals surface area contributed by atoms with E-state index in [4.69, 9.17) is 0 Å². The third-order valence-electron chi connectivity index (χ3n) is 6.27. The van der Waals surface area contributed by atoms with Gasteiger partial charge in [-0.3, -0.25) is 0 Å². The smallest absolute Gasteiger partial charge is 0.0578 e. The Labute approximate surface area is 84.3 Å². The molecule has 1 spiro atoms. The van der Waals surface area contributed by atoms with E-state index in [0.717, 1.165) is 18.8 Å². The summed E-state index contributed by atoms with van der Waals surface area (Å²) in [4.78, 5) is 0. The SMILES string of the molecule is C[C@@]12C[C@@H]3CC(O)[C@H]4CC(O)[C@H](C1)C342. The maximum atomic E-state index is 10.0. The van der Waals surface area contributed by atoms with Crippen molar-refractivity contribution in [1.82, 2.24) is 0 Å². The molecule has 0 aromatic heterocycles. The minimum absolute atomic E-state index is 0.106. The number of hydrogen-bond donors (Lipinski definition) is 2. The fourth-order valence-electron chi connectivity index (χ4n) is 6.09. The van der Waals surface area contributed by atoms with Crippen LogP contribution in [0, 0.1) is 28.6 Å². The summed E-state index contributed by atoms with van der Waals surface area (Å²) in [6.45, 7) is 2.38. The lowest BCUT2D eigenvalue weighted by Gasteiger charge is -2.73.